The molecule has 5 heteroatoms. The topological polar surface area (TPSA) is 61.6 Å². The minimum Gasteiger partial charge on any atom is -0.351 e. The maximum Gasteiger partial charge on any atom is 0.315 e. The Morgan fingerprint density at radius 2 is 1.92 bits per heavy atom. The predicted octanol–water partition coefficient (Wildman–Crippen LogP) is 2.42. The summed E-state index contributed by atoms with van der Waals surface area (Å²) in [6, 6.07) is 10.7. The normalized spacial score (nSPS) is 28.9. The van der Waals surface area contributed by atoms with Crippen LogP contribution in [0.4, 0.5) is 4.79 Å². The smallest absolute Gasteiger partial charge is 0.315 e. The first-order valence-electron chi connectivity index (χ1n) is 9.61. The summed E-state index contributed by atoms with van der Waals surface area (Å²) < 4.78 is 0. The van der Waals surface area contributed by atoms with Crippen molar-refractivity contribution in [2.45, 2.75) is 51.2 Å². The van der Waals surface area contributed by atoms with Crippen LogP contribution < -0.4 is 11.1 Å². The number of amides is 2. The first-order chi connectivity index (χ1) is 12.0. The van der Waals surface area contributed by atoms with Crippen molar-refractivity contribution in [3.8, 4) is 0 Å². The van der Waals surface area contributed by atoms with Gasteiger partial charge in [0.1, 0.15) is 0 Å². The Morgan fingerprint density at radius 1 is 1.24 bits per heavy atom. The Morgan fingerprint density at radius 3 is 2.52 bits per heavy atom. The summed E-state index contributed by atoms with van der Waals surface area (Å²) >= 11 is 0. The molecule has 0 aliphatic carbocycles. The maximum atomic E-state index is 11.9. The quantitative estimate of drug-likeness (QED) is 0.882. The van der Waals surface area contributed by atoms with Crippen molar-refractivity contribution in [3.63, 3.8) is 0 Å². The largest absolute Gasteiger partial charge is 0.351 e. The lowest BCUT2D eigenvalue weighted by atomic mass is 9.74. The van der Waals surface area contributed by atoms with Crippen LogP contribution in [0.15, 0.2) is 30.3 Å². The van der Waals surface area contributed by atoms with Gasteiger partial charge in [-0.2, -0.15) is 0 Å². The molecule has 0 bridgehead atoms. The number of nitrogens with two attached hydrogens (primary N) is 1. The number of urea groups is 1. The Bertz CT molecular complexity index is 570. The first kappa shape index (κ1) is 18.2. The van der Waals surface area contributed by atoms with Crippen molar-refractivity contribution in [1.29, 1.82) is 0 Å². The predicted molar refractivity (Wildman–Crippen MR) is 101 cm³/mol. The van der Waals surface area contributed by atoms with Crippen LogP contribution >= 0.6 is 0 Å². The lowest BCUT2D eigenvalue weighted by molar-refractivity contribution is 0.0208. The van der Waals surface area contributed by atoms with Gasteiger partial charge in [0.05, 0.1) is 5.54 Å². The molecule has 5 nitrogen and oxygen atoms in total. The highest BCUT2D eigenvalue weighted by atomic mass is 16.2. The Hall–Kier alpha value is -1.59. The summed E-state index contributed by atoms with van der Waals surface area (Å²) in [6.07, 6.45) is 3.28. The lowest BCUT2D eigenvalue weighted by Crippen LogP contribution is -2.70. The molecule has 2 fully saturated rings. The standard InChI is InChI=1S/C20H32N4O/c1-3-20(2)18(22-11-14-24(20)19(21)25)17-9-12-23(13-10-17)15-16-7-5-4-6-8-16/h4-8,17-18,22H,3,9-15H2,1-2H3,(H2,21,25). The second-order valence-corrected chi connectivity index (χ2v) is 7.73. The van der Waals surface area contributed by atoms with Crippen LogP contribution in [0.25, 0.3) is 0 Å². The molecule has 3 rings (SSSR count). The third kappa shape index (κ3) is 3.82. The molecular weight excluding hydrogens is 312 g/mol. The fourth-order valence-corrected chi connectivity index (χ4v) is 4.71. The van der Waals surface area contributed by atoms with Crippen molar-refractivity contribution < 1.29 is 4.79 Å². The number of nitrogens with one attached hydrogen (secondary N) is 1. The molecule has 2 amide bonds. The number of likely N-dealkylation sites (tertiary alicyclic amines) is 1. The monoisotopic (exact) mass is 344 g/mol. The zero-order valence-corrected chi connectivity index (χ0v) is 15.6. The van der Waals surface area contributed by atoms with Gasteiger partial charge in [-0.15, -0.1) is 0 Å². The van der Waals surface area contributed by atoms with Crippen molar-refractivity contribution in [2.75, 3.05) is 26.2 Å². The minimum absolute atomic E-state index is 0.184. The van der Waals surface area contributed by atoms with Gasteiger partial charge in [-0.3, -0.25) is 4.90 Å². The number of piperidine rings is 1. The molecule has 2 heterocycles. The average Bonchev–Trinajstić information content (AvgIpc) is 2.63. The third-order valence-corrected chi connectivity index (χ3v) is 6.32. The van der Waals surface area contributed by atoms with Gasteiger partial charge in [0.15, 0.2) is 0 Å². The maximum absolute atomic E-state index is 11.9. The van der Waals surface area contributed by atoms with Gasteiger partial charge in [-0.25, -0.2) is 4.79 Å². The first-order valence-corrected chi connectivity index (χ1v) is 9.61. The highest BCUT2D eigenvalue weighted by Gasteiger charge is 2.46. The molecule has 0 radical (unpaired) electrons. The van der Waals surface area contributed by atoms with E-state index in [4.69, 9.17) is 5.73 Å². The molecule has 0 aromatic heterocycles. The average molecular weight is 345 g/mol. The van der Waals surface area contributed by atoms with Crippen LogP contribution in [-0.4, -0.2) is 53.6 Å². The SMILES string of the molecule is CCC1(C)C(C2CCN(Cc3ccccc3)CC2)NCCN1C(N)=O. The summed E-state index contributed by atoms with van der Waals surface area (Å²) in [4.78, 5) is 16.4. The second kappa shape index (κ2) is 7.75. The van der Waals surface area contributed by atoms with E-state index < -0.39 is 0 Å². The van der Waals surface area contributed by atoms with E-state index >= 15 is 0 Å². The summed E-state index contributed by atoms with van der Waals surface area (Å²) in [5.74, 6) is 0.596. The van der Waals surface area contributed by atoms with E-state index in [-0.39, 0.29) is 11.6 Å². The van der Waals surface area contributed by atoms with Crippen molar-refractivity contribution >= 4 is 6.03 Å². The minimum atomic E-state index is -0.280. The Labute approximate surface area is 151 Å². The van der Waals surface area contributed by atoms with Crippen LogP contribution in [0.3, 0.4) is 0 Å². The summed E-state index contributed by atoms with van der Waals surface area (Å²) in [7, 11) is 0. The van der Waals surface area contributed by atoms with E-state index in [2.05, 4.69) is 54.4 Å². The van der Waals surface area contributed by atoms with E-state index in [1.54, 1.807) is 0 Å². The summed E-state index contributed by atoms with van der Waals surface area (Å²) in [5.41, 5.74) is 6.87. The molecule has 1 aromatic rings. The van der Waals surface area contributed by atoms with Gasteiger partial charge in [0.25, 0.3) is 0 Å². The number of piperazine rings is 1. The number of carbonyl (C=O) groups excluding carboxylic acids is 1. The zero-order valence-electron chi connectivity index (χ0n) is 15.6. The molecule has 2 saturated heterocycles. The zero-order chi connectivity index (χ0) is 17.9. The lowest BCUT2D eigenvalue weighted by Gasteiger charge is -2.53. The summed E-state index contributed by atoms with van der Waals surface area (Å²) in [5, 5.41) is 3.71. The van der Waals surface area contributed by atoms with Crippen LogP contribution in [-0.2, 0) is 6.54 Å². The fraction of sp³-hybridized carbons (Fsp3) is 0.650. The van der Waals surface area contributed by atoms with Gasteiger partial charge < -0.3 is 16.0 Å². The third-order valence-electron chi connectivity index (χ3n) is 6.32. The molecule has 0 saturated carbocycles. The molecule has 3 N–H and O–H groups in total. The van der Waals surface area contributed by atoms with Crippen molar-refractivity contribution in [1.82, 2.24) is 15.1 Å². The Balaban J connectivity index is 1.62. The molecule has 1 aromatic carbocycles. The number of benzene rings is 1. The van der Waals surface area contributed by atoms with Crippen molar-refractivity contribution in [2.24, 2.45) is 11.7 Å². The molecule has 138 valence electrons. The highest BCUT2D eigenvalue weighted by molar-refractivity contribution is 5.73. The highest BCUT2D eigenvalue weighted by Crippen LogP contribution is 2.35. The van der Waals surface area contributed by atoms with E-state index in [0.717, 1.165) is 32.6 Å². The molecule has 2 aliphatic heterocycles. The van der Waals surface area contributed by atoms with Gasteiger partial charge in [-0.05, 0) is 50.8 Å². The van der Waals surface area contributed by atoms with Crippen LogP contribution in [0.2, 0.25) is 0 Å². The summed E-state index contributed by atoms with van der Waals surface area (Å²) in [6.45, 7) is 9.19. The molecule has 2 aliphatic rings. The van der Waals surface area contributed by atoms with Crippen molar-refractivity contribution in [3.05, 3.63) is 35.9 Å². The van der Waals surface area contributed by atoms with E-state index in [9.17, 15) is 4.79 Å². The van der Waals surface area contributed by atoms with Gasteiger partial charge in [0, 0.05) is 25.7 Å². The van der Waals surface area contributed by atoms with Crippen LogP contribution in [0.5, 0.6) is 0 Å². The van der Waals surface area contributed by atoms with Gasteiger partial charge >= 0.3 is 6.03 Å². The van der Waals surface area contributed by atoms with E-state index in [0.29, 0.717) is 18.5 Å². The molecule has 2 unspecified atom stereocenters. The number of nitrogens with zero attached hydrogens (tertiary/aromatic N) is 2. The molecule has 25 heavy (non-hydrogen) atoms. The number of primary amides is 1. The van der Waals surface area contributed by atoms with E-state index in [1.807, 2.05) is 4.90 Å². The van der Waals surface area contributed by atoms with E-state index in [1.165, 1.54) is 18.4 Å². The Kier molecular flexibility index (Phi) is 5.64. The van der Waals surface area contributed by atoms with Crippen LogP contribution in [0.1, 0.15) is 38.7 Å². The number of carbonyl (C=O) groups is 1. The molecular formula is C20H32N4O. The molecule has 0 spiro atoms. The second-order valence-electron chi connectivity index (χ2n) is 7.73. The molecule has 2 atom stereocenters. The van der Waals surface area contributed by atoms with Gasteiger partial charge in [0.2, 0.25) is 0 Å². The fourth-order valence-electron chi connectivity index (χ4n) is 4.71. The van der Waals surface area contributed by atoms with Gasteiger partial charge in [-0.1, -0.05) is 37.3 Å². The number of rotatable bonds is 4. The number of hydrogen-bond acceptors (Lipinski definition) is 3. The number of hydrogen-bond donors (Lipinski definition) is 2. The van der Waals surface area contributed by atoms with Crippen LogP contribution in [0, 0.1) is 5.92 Å².